The second kappa shape index (κ2) is 11.3. The highest BCUT2D eigenvalue weighted by atomic mass is 32.1. The third-order valence-electron chi connectivity index (χ3n) is 4.12. The zero-order chi connectivity index (χ0) is 15.4. The normalized spacial score (nSPS) is 12.0. The third-order valence-corrected chi connectivity index (χ3v) is 4.86. The number of thiophene rings is 1. The summed E-state index contributed by atoms with van der Waals surface area (Å²) >= 11 is 1.82. The number of rotatable bonds is 13. The molecule has 1 rings (SSSR count). The van der Waals surface area contributed by atoms with E-state index in [0.29, 0.717) is 0 Å². The lowest BCUT2D eigenvalue weighted by Gasteiger charge is -2.23. The molecule has 0 atom stereocenters. The summed E-state index contributed by atoms with van der Waals surface area (Å²) in [6.07, 6.45) is 15.6. The van der Waals surface area contributed by atoms with Crippen LogP contribution in [0.3, 0.4) is 0 Å². The molecule has 1 aromatic rings. The van der Waals surface area contributed by atoms with E-state index >= 15 is 0 Å². The van der Waals surface area contributed by atoms with Gasteiger partial charge in [0.15, 0.2) is 0 Å². The zero-order valence-corrected chi connectivity index (χ0v) is 15.4. The topological polar surface area (TPSA) is 0 Å². The van der Waals surface area contributed by atoms with Crippen molar-refractivity contribution in [2.75, 3.05) is 27.7 Å². The van der Waals surface area contributed by atoms with Crippen LogP contribution < -0.4 is 0 Å². The molecule has 0 saturated carbocycles. The molecule has 1 heterocycles. The number of quaternary nitrogens is 1. The second-order valence-corrected chi connectivity index (χ2v) is 8.21. The van der Waals surface area contributed by atoms with Gasteiger partial charge in [-0.3, -0.25) is 0 Å². The van der Waals surface area contributed by atoms with Crippen molar-refractivity contribution in [2.24, 2.45) is 0 Å². The fourth-order valence-corrected chi connectivity index (χ4v) is 3.47. The van der Waals surface area contributed by atoms with Crippen molar-refractivity contribution in [1.29, 1.82) is 0 Å². The lowest BCUT2D eigenvalue weighted by molar-refractivity contribution is -0.870. The van der Waals surface area contributed by atoms with E-state index in [1.807, 2.05) is 11.3 Å². The average Bonchev–Trinajstić information content (AvgIpc) is 2.92. The zero-order valence-electron chi connectivity index (χ0n) is 14.6. The minimum Gasteiger partial charge on any atom is -0.331 e. The molecule has 21 heavy (non-hydrogen) atoms. The lowest BCUT2D eigenvalue weighted by Crippen LogP contribution is -2.35. The predicted molar refractivity (Wildman–Crippen MR) is 97.1 cm³/mol. The van der Waals surface area contributed by atoms with Gasteiger partial charge in [-0.2, -0.15) is 11.3 Å². The van der Waals surface area contributed by atoms with Gasteiger partial charge in [0, 0.05) is 0 Å². The number of hydrogen-bond acceptors (Lipinski definition) is 1. The largest absolute Gasteiger partial charge is 0.331 e. The van der Waals surface area contributed by atoms with Crippen LogP contribution in [0.25, 0.3) is 0 Å². The summed E-state index contributed by atoms with van der Waals surface area (Å²) in [7, 11) is 6.87. The Hall–Kier alpha value is -0.340. The molecule has 122 valence electrons. The SMILES string of the molecule is C[N+](C)(C)CCCCCCCCCCCCc1ccsc1. The van der Waals surface area contributed by atoms with Gasteiger partial charge in [0.05, 0.1) is 27.7 Å². The fraction of sp³-hybridized carbons (Fsp3) is 0.789. The highest BCUT2D eigenvalue weighted by Crippen LogP contribution is 2.14. The van der Waals surface area contributed by atoms with Crippen molar-refractivity contribution in [1.82, 2.24) is 0 Å². The van der Waals surface area contributed by atoms with E-state index in [-0.39, 0.29) is 0 Å². The predicted octanol–water partition coefficient (Wildman–Crippen LogP) is 5.90. The first kappa shape index (κ1) is 18.7. The molecular formula is C19H36NS+. The Balaban J connectivity index is 1.75. The van der Waals surface area contributed by atoms with Crippen LogP contribution in [0, 0.1) is 0 Å². The summed E-state index contributed by atoms with van der Waals surface area (Å²) < 4.78 is 1.12. The van der Waals surface area contributed by atoms with Crippen LogP contribution in [0.5, 0.6) is 0 Å². The number of hydrogen-bond donors (Lipinski definition) is 0. The van der Waals surface area contributed by atoms with Gasteiger partial charge in [0.2, 0.25) is 0 Å². The maximum atomic E-state index is 2.29. The van der Waals surface area contributed by atoms with E-state index < -0.39 is 0 Å². The Kier molecular flexibility index (Phi) is 10.0. The highest BCUT2D eigenvalue weighted by Gasteiger charge is 2.04. The first-order valence-electron chi connectivity index (χ1n) is 8.89. The average molecular weight is 311 g/mol. The van der Waals surface area contributed by atoms with Gasteiger partial charge in [0.25, 0.3) is 0 Å². The minimum atomic E-state index is 1.12. The number of aryl methyl sites for hydroxylation is 1. The molecule has 1 nitrogen and oxygen atoms in total. The minimum absolute atomic E-state index is 1.12. The van der Waals surface area contributed by atoms with Crippen molar-refractivity contribution in [2.45, 2.75) is 70.6 Å². The van der Waals surface area contributed by atoms with Crippen LogP contribution in [0.4, 0.5) is 0 Å². The van der Waals surface area contributed by atoms with Gasteiger partial charge < -0.3 is 4.48 Å². The molecular weight excluding hydrogens is 274 g/mol. The molecule has 0 bridgehead atoms. The summed E-state index contributed by atoms with van der Waals surface area (Å²) in [5.41, 5.74) is 1.54. The van der Waals surface area contributed by atoms with E-state index in [1.54, 1.807) is 0 Å². The first-order valence-corrected chi connectivity index (χ1v) is 9.84. The molecule has 0 radical (unpaired) electrons. The maximum absolute atomic E-state index is 2.29. The quantitative estimate of drug-likeness (QED) is 0.314. The Morgan fingerprint density at radius 2 is 1.29 bits per heavy atom. The molecule has 0 aromatic carbocycles. The number of nitrogens with zero attached hydrogens (tertiary/aromatic N) is 1. The molecule has 0 amide bonds. The Labute approximate surface area is 137 Å². The molecule has 0 aliphatic carbocycles. The fourth-order valence-electron chi connectivity index (χ4n) is 2.76. The molecule has 1 aromatic heterocycles. The summed E-state index contributed by atoms with van der Waals surface area (Å²) in [6, 6.07) is 2.27. The van der Waals surface area contributed by atoms with Gasteiger partial charge in [-0.05, 0) is 48.1 Å². The van der Waals surface area contributed by atoms with Crippen LogP contribution in [0.15, 0.2) is 16.8 Å². The van der Waals surface area contributed by atoms with Crippen LogP contribution in [-0.4, -0.2) is 32.2 Å². The van der Waals surface area contributed by atoms with E-state index in [4.69, 9.17) is 0 Å². The van der Waals surface area contributed by atoms with E-state index in [0.717, 1.165) is 4.48 Å². The second-order valence-electron chi connectivity index (χ2n) is 7.43. The number of unbranched alkanes of at least 4 members (excludes halogenated alkanes) is 9. The van der Waals surface area contributed by atoms with Gasteiger partial charge in [-0.15, -0.1) is 0 Å². The van der Waals surface area contributed by atoms with E-state index in [2.05, 4.69) is 38.0 Å². The summed E-state index contributed by atoms with van der Waals surface area (Å²) in [5.74, 6) is 0. The van der Waals surface area contributed by atoms with Gasteiger partial charge in [-0.1, -0.05) is 44.9 Å². The van der Waals surface area contributed by atoms with Crippen LogP contribution >= 0.6 is 11.3 Å². The van der Waals surface area contributed by atoms with Gasteiger partial charge in [0.1, 0.15) is 0 Å². The first-order chi connectivity index (χ1) is 10.1. The van der Waals surface area contributed by atoms with E-state index in [9.17, 15) is 0 Å². The maximum Gasteiger partial charge on any atom is 0.0780 e. The van der Waals surface area contributed by atoms with Crippen molar-refractivity contribution < 1.29 is 4.48 Å². The van der Waals surface area contributed by atoms with Crippen molar-refractivity contribution >= 4 is 11.3 Å². The van der Waals surface area contributed by atoms with Crippen molar-refractivity contribution in [3.63, 3.8) is 0 Å². The molecule has 0 fully saturated rings. The van der Waals surface area contributed by atoms with Crippen LogP contribution in [-0.2, 0) is 6.42 Å². The lowest BCUT2D eigenvalue weighted by atomic mass is 10.0. The molecule has 0 N–H and O–H groups in total. The monoisotopic (exact) mass is 310 g/mol. The van der Waals surface area contributed by atoms with E-state index in [1.165, 1.54) is 82.7 Å². The third kappa shape index (κ3) is 11.9. The smallest absolute Gasteiger partial charge is 0.0780 e. The van der Waals surface area contributed by atoms with Crippen LogP contribution in [0.1, 0.15) is 69.8 Å². The van der Waals surface area contributed by atoms with Crippen molar-refractivity contribution in [3.05, 3.63) is 22.4 Å². The Morgan fingerprint density at radius 1 is 0.762 bits per heavy atom. The van der Waals surface area contributed by atoms with Gasteiger partial charge in [-0.25, -0.2) is 0 Å². The molecule has 2 heteroatoms. The molecule has 0 aliphatic rings. The molecule has 0 spiro atoms. The standard InChI is InChI=1S/C19H36NS/c1-20(2,3)16-13-11-9-7-5-4-6-8-10-12-14-19-15-17-21-18-19/h15,17-18H,4-14,16H2,1-3H3/q+1. The summed E-state index contributed by atoms with van der Waals surface area (Å²) in [5, 5.41) is 4.48. The summed E-state index contributed by atoms with van der Waals surface area (Å²) in [4.78, 5) is 0. The molecule has 0 aliphatic heterocycles. The molecule has 0 unspecified atom stereocenters. The highest BCUT2D eigenvalue weighted by molar-refractivity contribution is 7.07. The van der Waals surface area contributed by atoms with Crippen molar-refractivity contribution in [3.8, 4) is 0 Å². The Morgan fingerprint density at radius 3 is 1.76 bits per heavy atom. The van der Waals surface area contributed by atoms with Gasteiger partial charge >= 0.3 is 0 Å². The molecule has 0 saturated heterocycles. The summed E-state index contributed by atoms with van der Waals surface area (Å²) in [6.45, 7) is 1.32. The van der Waals surface area contributed by atoms with Crippen LogP contribution in [0.2, 0.25) is 0 Å². The Bertz CT molecular complexity index is 324.